The third-order valence-corrected chi connectivity index (χ3v) is 7.99. The summed E-state index contributed by atoms with van der Waals surface area (Å²) in [6, 6.07) is 21.1. The summed E-state index contributed by atoms with van der Waals surface area (Å²) < 4.78 is 0. The third-order valence-electron chi connectivity index (χ3n) is 7.99. The quantitative estimate of drug-likeness (QED) is 0.538. The van der Waals surface area contributed by atoms with Crippen molar-refractivity contribution >= 4 is 5.97 Å². The van der Waals surface area contributed by atoms with Gasteiger partial charge in [-0.3, -0.25) is 4.79 Å². The summed E-state index contributed by atoms with van der Waals surface area (Å²) in [4.78, 5) is 13.0. The number of hydrogen-bond donors (Lipinski definition) is 1. The minimum Gasteiger partial charge on any atom is -0.481 e. The van der Waals surface area contributed by atoms with Crippen molar-refractivity contribution in [3.8, 4) is 0 Å². The topological polar surface area (TPSA) is 37.3 Å². The molecule has 0 aliphatic heterocycles. The zero-order valence-corrected chi connectivity index (χ0v) is 18.1. The van der Waals surface area contributed by atoms with E-state index in [9.17, 15) is 9.90 Å². The average Bonchev–Trinajstić information content (AvgIpc) is 2.82. The van der Waals surface area contributed by atoms with Crippen LogP contribution in [0.25, 0.3) is 0 Å². The molecule has 2 fully saturated rings. The van der Waals surface area contributed by atoms with Crippen molar-refractivity contribution in [3.63, 3.8) is 0 Å². The van der Waals surface area contributed by atoms with Crippen LogP contribution in [0.2, 0.25) is 0 Å². The Morgan fingerprint density at radius 1 is 0.767 bits per heavy atom. The molecule has 0 heterocycles. The number of benzene rings is 2. The number of hydrogen-bond acceptors (Lipinski definition) is 1. The van der Waals surface area contributed by atoms with E-state index in [4.69, 9.17) is 0 Å². The molecule has 0 radical (unpaired) electrons. The molecule has 2 saturated carbocycles. The van der Waals surface area contributed by atoms with Gasteiger partial charge in [0.2, 0.25) is 0 Å². The Kier molecular flexibility index (Phi) is 6.92. The van der Waals surface area contributed by atoms with Gasteiger partial charge in [-0.2, -0.15) is 0 Å². The van der Waals surface area contributed by atoms with Gasteiger partial charge in [0.1, 0.15) is 0 Å². The largest absolute Gasteiger partial charge is 0.481 e. The molecule has 2 heteroatoms. The van der Waals surface area contributed by atoms with E-state index in [0.29, 0.717) is 18.3 Å². The zero-order valence-electron chi connectivity index (χ0n) is 18.1. The summed E-state index contributed by atoms with van der Waals surface area (Å²) in [5.74, 6) is -0.0736. The summed E-state index contributed by atoms with van der Waals surface area (Å²) >= 11 is 0. The zero-order chi connectivity index (χ0) is 20.8. The van der Waals surface area contributed by atoms with Gasteiger partial charge in [0.05, 0.1) is 5.92 Å². The molecule has 0 amide bonds. The van der Waals surface area contributed by atoms with Crippen LogP contribution in [0.1, 0.15) is 75.3 Å². The van der Waals surface area contributed by atoms with E-state index < -0.39 is 5.97 Å². The van der Waals surface area contributed by atoms with E-state index in [0.717, 1.165) is 5.56 Å². The lowest BCUT2D eigenvalue weighted by atomic mass is 9.50. The maximum atomic E-state index is 13.0. The maximum absolute atomic E-state index is 13.0. The van der Waals surface area contributed by atoms with Gasteiger partial charge in [0, 0.05) is 5.41 Å². The summed E-state index contributed by atoms with van der Waals surface area (Å²) in [5.41, 5.74) is 2.16. The molecule has 0 spiro atoms. The molecule has 2 aromatic carbocycles. The van der Waals surface area contributed by atoms with Gasteiger partial charge in [-0.25, -0.2) is 0 Å². The normalized spacial score (nSPS) is 20.0. The Morgan fingerprint density at radius 3 is 1.70 bits per heavy atom. The molecule has 160 valence electrons. The van der Waals surface area contributed by atoms with Crippen molar-refractivity contribution in [1.82, 2.24) is 0 Å². The van der Waals surface area contributed by atoms with Crippen LogP contribution in [-0.2, 0) is 16.6 Å². The summed E-state index contributed by atoms with van der Waals surface area (Å²) in [6.45, 7) is 0. The molecule has 0 aromatic heterocycles. The third kappa shape index (κ3) is 4.19. The Bertz CT molecular complexity index is 768. The van der Waals surface area contributed by atoms with Crippen LogP contribution in [0.15, 0.2) is 60.7 Å². The molecular formula is C28H36O2. The molecule has 30 heavy (non-hydrogen) atoms. The second-order valence-corrected chi connectivity index (χ2v) is 9.55. The molecule has 0 bridgehead atoms. The number of carboxylic acids is 1. The summed E-state index contributed by atoms with van der Waals surface area (Å²) in [5, 5.41) is 10.7. The number of aliphatic carboxylic acids is 1. The minimum atomic E-state index is -0.612. The second-order valence-electron chi connectivity index (χ2n) is 9.55. The van der Waals surface area contributed by atoms with Gasteiger partial charge in [-0.15, -0.1) is 0 Å². The second kappa shape index (κ2) is 9.81. The van der Waals surface area contributed by atoms with E-state index in [2.05, 4.69) is 42.5 Å². The molecular weight excluding hydrogens is 368 g/mol. The number of carbonyl (C=O) groups is 1. The van der Waals surface area contributed by atoms with Gasteiger partial charge in [-0.1, -0.05) is 99.2 Å². The van der Waals surface area contributed by atoms with Gasteiger partial charge in [0.15, 0.2) is 0 Å². The van der Waals surface area contributed by atoms with Crippen LogP contribution >= 0.6 is 0 Å². The van der Waals surface area contributed by atoms with Crippen LogP contribution < -0.4 is 0 Å². The fourth-order valence-electron chi connectivity index (χ4n) is 6.77. The van der Waals surface area contributed by atoms with Crippen molar-refractivity contribution in [2.24, 2.45) is 17.8 Å². The number of rotatable bonds is 7. The first-order valence-corrected chi connectivity index (χ1v) is 12.0. The molecule has 1 N–H and O–H groups in total. The summed E-state index contributed by atoms with van der Waals surface area (Å²) in [7, 11) is 0. The lowest BCUT2D eigenvalue weighted by Crippen LogP contribution is -2.53. The van der Waals surface area contributed by atoms with Gasteiger partial charge in [-0.05, 0) is 55.1 Å². The highest BCUT2D eigenvalue weighted by atomic mass is 16.4. The maximum Gasteiger partial charge on any atom is 0.307 e. The Hall–Kier alpha value is -2.09. The van der Waals surface area contributed by atoms with Crippen molar-refractivity contribution in [1.29, 1.82) is 0 Å². The van der Waals surface area contributed by atoms with Crippen molar-refractivity contribution in [2.75, 3.05) is 0 Å². The van der Waals surface area contributed by atoms with E-state index in [1.54, 1.807) is 0 Å². The predicted octanol–water partition coefficient (Wildman–Crippen LogP) is 7.03. The highest BCUT2D eigenvalue weighted by molar-refractivity contribution is 5.73. The van der Waals surface area contributed by atoms with Crippen LogP contribution in [0.5, 0.6) is 0 Å². The first-order valence-electron chi connectivity index (χ1n) is 12.0. The molecule has 1 atom stereocenters. The lowest BCUT2D eigenvalue weighted by molar-refractivity contribution is -0.148. The average molecular weight is 405 g/mol. The fourth-order valence-corrected chi connectivity index (χ4v) is 6.77. The summed E-state index contributed by atoms with van der Waals surface area (Å²) in [6.07, 6.45) is 12.9. The van der Waals surface area contributed by atoms with Crippen LogP contribution in [0.3, 0.4) is 0 Å². The first kappa shape index (κ1) is 21.2. The van der Waals surface area contributed by atoms with Crippen molar-refractivity contribution in [3.05, 3.63) is 71.8 Å². The van der Waals surface area contributed by atoms with Crippen molar-refractivity contribution in [2.45, 2.75) is 76.0 Å². The fraction of sp³-hybridized carbons (Fsp3) is 0.536. The van der Waals surface area contributed by atoms with E-state index in [1.165, 1.54) is 69.8 Å². The Balaban J connectivity index is 1.87. The lowest BCUT2D eigenvalue weighted by Gasteiger charge is -2.53. The molecule has 1 unspecified atom stereocenters. The Labute approximate surface area is 181 Å². The monoisotopic (exact) mass is 404 g/mol. The smallest absolute Gasteiger partial charge is 0.307 e. The highest BCUT2D eigenvalue weighted by Gasteiger charge is 2.54. The van der Waals surface area contributed by atoms with E-state index in [-0.39, 0.29) is 11.3 Å². The Morgan fingerprint density at radius 2 is 1.23 bits per heavy atom. The molecule has 2 aliphatic carbocycles. The van der Waals surface area contributed by atoms with Crippen LogP contribution in [-0.4, -0.2) is 11.1 Å². The predicted molar refractivity (Wildman–Crippen MR) is 123 cm³/mol. The number of carboxylic acid groups (broad SMARTS) is 1. The molecule has 2 aliphatic rings. The van der Waals surface area contributed by atoms with E-state index in [1.807, 2.05) is 18.2 Å². The van der Waals surface area contributed by atoms with Crippen LogP contribution in [0.4, 0.5) is 0 Å². The molecule has 4 rings (SSSR count). The molecule has 2 nitrogen and oxygen atoms in total. The van der Waals surface area contributed by atoms with Gasteiger partial charge >= 0.3 is 5.97 Å². The van der Waals surface area contributed by atoms with Gasteiger partial charge < -0.3 is 5.11 Å². The SMILES string of the molecule is O=C(O)C(Cc1ccccc1)C(c1ccccc1)(C1CCCCC1)C1CCCCC1. The van der Waals surface area contributed by atoms with E-state index >= 15 is 0 Å². The minimum absolute atomic E-state index is 0.274. The molecule has 2 aromatic rings. The van der Waals surface area contributed by atoms with Crippen LogP contribution in [0, 0.1) is 17.8 Å². The highest BCUT2D eigenvalue weighted by Crippen LogP contribution is 2.55. The molecule has 0 saturated heterocycles. The van der Waals surface area contributed by atoms with Crippen molar-refractivity contribution < 1.29 is 9.90 Å². The van der Waals surface area contributed by atoms with Gasteiger partial charge in [0.25, 0.3) is 0 Å². The first-order chi connectivity index (χ1) is 14.7. The standard InChI is InChI=1S/C28H36O2/c29-27(30)26(21-22-13-5-1-6-14-22)28(23-15-7-2-8-16-23,24-17-9-3-10-18-24)25-19-11-4-12-20-25/h1-2,5-8,13-16,24-26H,3-4,9-12,17-21H2,(H,29,30).